The summed E-state index contributed by atoms with van der Waals surface area (Å²) in [4.78, 5) is 11.8. The van der Waals surface area contributed by atoms with Crippen molar-refractivity contribution in [3.05, 3.63) is 52.8 Å². The zero-order valence-electron chi connectivity index (χ0n) is 10.5. The quantitative estimate of drug-likeness (QED) is 0.700. The molecule has 0 aromatic heterocycles. The van der Waals surface area contributed by atoms with Crippen LogP contribution >= 0.6 is 0 Å². The molecule has 1 aliphatic carbocycles. The highest BCUT2D eigenvalue weighted by atomic mass is 16.5. The van der Waals surface area contributed by atoms with E-state index in [-0.39, 0.29) is 5.97 Å². The predicted molar refractivity (Wildman–Crippen MR) is 70.6 cm³/mol. The molecule has 0 radical (unpaired) electrons. The molecule has 1 aliphatic heterocycles. The van der Waals surface area contributed by atoms with Crippen molar-refractivity contribution < 1.29 is 9.53 Å². The summed E-state index contributed by atoms with van der Waals surface area (Å²) in [6, 6.07) is 9.99. The molecule has 0 saturated heterocycles. The Morgan fingerprint density at radius 2 is 2.00 bits per heavy atom. The van der Waals surface area contributed by atoms with Crippen LogP contribution in [0.4, 0.5) is 0 Å². The van der Waals surface area contributed by atoms with Crippen molar-refractivity contribution in [2.24, 2.45) is 5.92 Å². The van der Waals surface area contributed by atoms with Gasteiger partial charge in [0.1, 0.15) is 5.76 Å². The topological polar surface area (TPSA) is 26.3 Å². The van der Waals surface area contributed by atoms with Gasteiger partial charge in [-0.15, -0.1) is 0 Å². The summed E-state index contributed by atoms with van der Waals surface area (Å²) in [6.07, 6.45) is 4.93. The van der Waals surface area contributed by atoms with E-state index >= 15 is 0 Å². The molecule has 0 N–H and O–H groups in total. The van der Waals surface area contributed by atoms with Gasteiger partial charge in [-0.25, -0.2) is 4.79 Å². The lowest BCUT2D eigenvalue weighted by Crippen LogP contribution is -2.08. The molecule has 0 saturated carbocycles. The number of hydrogen-bond donors (Lipinski definition) is 0. The first-order valence-electron chi connectivity index (χ1n) is 6.45. The summed E-state index contributed by atoms with van der Waals surface area (Å²) in [5, 5.41) is 0. The highest BCUT2D eigenvalue weighted by molar-refractivity contribution is 5.95. The lowest BCUT2D eigenvalue weighted by Gasteiger charge is -2.17. The molecule has 2 nitrogen and oxygen atoms in total. The van der Waals surface area contributed by atoms with Crippen LogP contribution in [0.3, 0.4) is 0 Å². The Balaban J connectivity index is 1.96. The molecule has 1 aromatic rings. The first kappa shape index (κ1) is 11.3. The van der Waals surface area contributed by atoms with Gasteiger partial charge in [-0.3, -0.25) is 0 Å². The van der Waals surface area contributed by atoms with Gasteiger partial charge >= 0.3 is 5.97 Å². The Hall–Kier alpha value is -1.83. The van der Waals surface area contributed by atoms with Gasteiger partial charge in [-0.1, -0.05) is 37.3 Å². The molecule has 0 amide bonds. The second-order valence-electron chi connectivity index (χ2n) is 5.11. The summed E-state index contributed by atoms with van der Waals surface area (Å²) in [6.45, 7) is 2.19. The largest absolute Gasteiger partial charge is 0.423 e. The van der Waals surface area contributed by atoms with Gasteiger partial charge in [-0.05, 0) is 36.8 Å². The third-order valence-corrected chi connectivity index (χ3v) is 3.65. The molecule has 2 aliphatic rings. The second kappa shape index (κ2) is 4.45. The highest BCUT2D eigenvalue weighted by Gasteiger charge is 2.33. The third-order valence-electron chi connectivity index (χ3n) is 3.65. The monoisotopic (exact) mass is 240 g/mol. The van der Waals surface area contributed by atoms with E-state index in [0.717, 1.165) is 41.7 Å². The molecule has 1 atom stereocenters. The Kier molecular flexibility index (Phi) is 2.78. The van der Waals surface area contributed by atoms with Crippen LogP contribution in [0.1, 0.15) is 31.7 Å². The summed E-state index contributed by atoms with van der Waals surface area (Å²) >= 11 is 0. The summed E-state index contributed by atoms with van der Waals surface area (Å²) in [5.74, 6) is 1.21. The highest BCUT2D eigenvalue weighted by Crippen LogP contribution is 2.39. The van der Waals surface area contributed by atoms with Gasteiger partial charge in [0.2, 0.25) is 0 Å². The average Bonchev–Trinajstić information content (AvgIpc) is 2.67. The smallest absolute Gasteiger partial charge is 0.339 e. The molecule has 1 aromatic carbocycles. The fourth-order valence-corrected chi connectivity index (χ4v) is 2.63. The number of hydrogen-bond acceptors (Lipinski definition) is 2. The molecule has 2 heteroatoms. The Bertz CT molecular complexity index is 537. The van der Waals surface area contributed by atoms with Gasteiger partial charge < -0.3 is 4.74 Å². The minimum atomic E-state index is -0.140. The number of cyclic esters (lactones) is 1. The van der Waals surface area contributed by atoms with Crippen molar-refractivity contribution in [3.63, 3.8) is 0 Å². The normalized spacial score (nSPS) is 25.3. The molecule has 3 rings (SSSR count). The molecule has 92 valence electrons. The van der Waals surface area contributed by atoms with E-state index in [1.54, 1.807) is 0 Å². The van der Waals surface area contributed by atoms with Crippen molar-refractivity contribution in [2.45, 2.75) is 26.2 Å². The molecule has 0 fully saturated rings. The first-order chi connectivity index (χ1) is 8.74. The molecule has 1 unspecified atom stereocenters. The zero-order valence-corrected chi connectivity index (χ0v) is 10.5. The number of ether oxygens (including phenoxy) is 1. The second-order valence-corrected chi connectivity index (χ2v) is 5.11. The molecular weight excluding hydrogens is 224 g/mol. The number of esters is 1. The fourth-order valence-electron chi connectivity index (χ4n) is 2.63. The first-order valence-corrected chi connectivity index (χ1v) is 6.45. The predicted octanol–water partition coefficient (Wildman–Crippen LogP) is 3.70. The number of rotatable bonds is 1. The fraction of sp³-hybridized carbons (Fsp3) is 0.312. The molecule has 0 spiro atoms. The lowest BCUT2D eigenvalue weighted by atomic mass is 9.85. The average molecular weight is 240 g/mol. The third kappa shape index (κ3) is 1.99. The molecule has 18 heavy (non-hydrogen) atoms. The van der Waals surface area contributed by atoms with Gasteiger partial charge in [0.05, 0.1) is 0 Å². The summed E-state index contributed by atoms with van der Waals surface area (Å²) in [7, 11) is 0. The SMILES string of the molecule is CC1CCC2=C(C1)C(=O)O/C2=C\c1ccccc1. The van der Waals surface area contributed by atoms with Crippen molar-refractivity contribution in [1.29, 1.82) is 0 Å². The molecule has 0 bridgehead atoms. The number of benzene rings is 1. The lowest BCUT2D eigenvalue weighted by molar-refractivity contribution is -0.133. The van der Waals surface area contributed by atoms with E-state index in [2.05, 4.69) is 6.92 Å². The number of carbonyl (C=O) groups is 1. The van der Waals surface area contributed by atoms with Gasteiger partial charge in [0.25, 0.3) is 0 Å². The van der Waals surface area contributed by atoms with E-state index in [9.17, 15) is 4.79 Å². The minimum absolute atomic E-state index is 0.140. The van der Waals surface area contributed by atoms with Crippen LogP contribution in [0.15, 0.2) is 47.2 Å². The van der Waals surface area contributed by atoms with Crippen LogP contribution in [0.25, 0.3) is 6.08 Å². The van der Waals surface area contributed by atoms with E-state index < -0.39 is 0 Å². The summed E-state index contributed by atoms with van der Waals surface area (Å²) < 4.78 is 5.41. The van der Waals surface area contributed by atoms with E-state index in [4.69, 9.17) is 4.74 Å². The van der Waals surface area contributed by atoms with Gasteiger partial charge in [0, 0.05) is 11.1 Å². The van der Waals surface area contributed by atoms with Crippen LogP contribution in [0.2, 0.25) is 0 Å². The van der Waals surface area contributed by atoms with Crippen molar-refractivity contribution in [2.75, 3.05) is 0 Å². The minimum Gasteiger partial charge on any atom is -0.423 e. The Morgan fingerprint density at radius 3 is 2.78 bits per heavy atom. The standard InChI is InChI=1S/C16H16O2/c1-11-7-8-13-14(9-11)16(17)18-15(13)10-12-5-3-2-4-6-12/h2-6,10-11H,7-9H2,1H3/b15-10-. The zero-order chi connectivity index (χ0) is 12.5. The van der Waals surface area contributed by atoms with E-state index in [1.165, 1.54) is 0 Å². The maximum Gasteiger partial charge on any atom is 0.339 e. The number of carbonyl (C=O) groups excluding carboxylic acids is 1. The van der Waals surface area contributed by atoms with Crippen LogP contribution in [-0.2, 0) is 9.53 Å². The van der Waals surface area contributed by atoms with Crippen LogP contribution in [0, 0.1) is 5.92 Å². The van der Waals surface area contributed by atoms with Crippen LogP contribution in [0.5, 0.6) is 0 Å². The van der Waals surface area contributed by atoms with Gasteiger partial charge in [0.15, 0.2) is 0 Å². The van der Waals surface area contributed by atoms with Crippen molar-refractivity contribution >= 4 is 12.0 Å². The van der Waals surface area contributed by atoms with E-state index in [1.807, 2.05) is 36.4 Å². The van der Waals surface area contributed by atoms with Crippen molar-refractivity contribution in [1.82, 2.24) is 0 Å². The van der Waals surface area contributed by atoms with Gasteiger partial charge in [-0.2, -0.15) is 0 Å². The maximum atomic E-state index is 11.8. The molecular formula is C16H16O2. The Morgan fingerprint density at radius 1 is 1.22 bits per heavy atom. The van der Waals surface area contributed by atoms with Crippen LogP contribution in [-0.4, -0.2) is 5.97 Å². The van der Waals surface area contributed by atoms with Crippen molar-refractivity contribution in [3.8, 4) is 0 Å². The number of allylic oxidation sites excluding steroid dienone is 1. The van der Waals surface area contributed by atoms with Crippen LogP contribution < -0.4 is 0 Å². The van der Waals surface area contributed by atoms with E-state index in [0.29, 0.717) is 5.92 Å². The maximum absolute atomic E-state index is 11.8. The molecule has 1 heterocycles. The Labute approximate surface area is 107 Å². The summed E-state index contributed by atoms with van der Waals surface area (Å²) in [5.41, 5.74) is 3.10.